The number of hydrogen-bond donors (Lipinski definition) is 4. The monoisotopic (exact) mass is 646 g/mol. The van der Waals surface area contributed by atoms with Crippen molar-refractivity contribution in [3.63, 3.8) is 0 Å². The highest BCUT2D eigenvalue weighted by Gasteiger charge is 2.42. The van der Waals surface area contributed by atoms with Crippen LogP contribution in [0.4, 0.5) is 22.9 Å². The first-order valence-corrected chi connectivity index (χ1v) is 16.1. The number of para-hydroxylation sites is 2. The Morgan fingerprint density at radius 1 is 1.04 bits per heavy atom. The minimum atomic E-state index is -0.805. The van der Waals surface area contributed by atoms with Gasteiger partial charge >= 0.3 is 0 Å². The van der Waals surface area contributed by atoms with Gasteiger partial charge in [-0.05, 0) is 50.4 Å². The molecule has 0 radical (unpaired) electrons. The van der Waals surface area contributed by atoms with Crippen molar-refractivity contribution in [2.45, 2.75) is 58.7 Å². The van der Waals surface area contributed by atoms with Crippen LogP contribution in [-0.4, -0.2) is 97.7 Å². The average molecular weight is 647 g/mol. The third-order valence-corrected chi connectivity index (χ3v) is 8.79. The molecule has 2 aromatic carbocycles. The molecule has 0 saturated carbocycles. The van der Waals surface area contributed by atoms with Gasteiger partial charge in [-0.2, -0.15) is 0 Å². The van der Waals surface area contributed by atoms with Crippen molar-refractivity contribution in [3.05, 3.63) is 42.7 Å². The lowest BCUT2D eigenvalue weighted by molar-refractivity contribution is -0.143. The van der Waals surface area contributed by atoms with Crippen LogP contribution in [0.1, 0.15) is 40.5 Å². The van der Waals surface area contributed by atoms with Crippen molar-refractivity contribution in [2.75, 3.05) is 62.5 Å². The molecule has 1 aromatic heterocycles. The van der Waals surface area contributed by atoms with Crippen molar-refractivity contribution in [1.82, 2.24) is 25.5 Å². The summed E-state index contributed by atoms with van der Waals surface area (Å²) in [4.78, 5) is 53.4. The lowest BCUT2D eigenvalue weighted by atomic mass is 9.85. The zero-order valence-electron chi connectivity index (χ0n) is 28.1. The molecule has 3 amide bonds. The molecule has 0 spiro atoms. The summed E-state index contributed by atoms with van der Waals surface area (Å²) >= 11 is 0. The first-order valence-electron chi connectivity index (χ1n) is 16.1. The molecular formula is C34H46N8O5. The summed E-state index contributed by atoms with van der Waals surface area (Å²) in [5.74, 6) is 0.115. The zero-order chi connectivity index (χ0) is 33.7. The Hall–Kier alpha value is -4.49. The van der Waals surface area contributed by atoms with E-state index < -0.39 is 23.5 Å². The van der Waals surface area contributed by atoms with Gasteiger partial charge in [0.25, 0.3) is 0 Å². The van der Waals surface area contributed by atoms with Gasteiger partial charge in [0.2, 0.25) is 17.7 Å². The van der Waals surface area contributed by atoms with E-state index in [9.17, 15) is 14.4 Å². The number of benzene rings is 2. The summed E-state index contributed by atoms with van der Waals surface area (Å²) in [6.07, 6.45) is 2.66. The van der Waals surface area contributed by atoms with Gasteiger partial charge in [0.05, 0.1) is 48.9 Å². The van der Waals surface area contributed by atoms with Crippen LogP contribution in [0, 0.1) is 5.41 Å². The van der Waals surface area contributed by atoms with Gasteiger partial charge in [-0.25, -0.2) is 9.97 Å². The molecule has 0 bridgehead atoms. The number of amides is 3. The summed E-state index contributed by atoms with van der Waals surface area (Å²) in [6.45, 7) is 10.8. The normalized spacial score (nSPS) is 18.0. The fourth-order valence-corrected chi connectivity index (χ4v) is 5.97. The molecule has 47 heavy (non-hydrogen) atoms. The van der Waals surface area contributed by atoms with Crippen LogP contribution in [0.2, 0.25) is 0 Å². The Morgan fingerprint density at radius 2 is 1.79 bits per heavy atom. The summed E-state index contributed by atoms with van der Waals surface area (Å²) < 4.78 is 11.2. The summed E-state index contributed by atoms with van der Waals surface area (Å²) in [5.41, 5.74) is 2.43. The summed E-state index contributed by atoms with van der Waals surface area (Å²) in [7, 11) is 3.22. The van der Waals surface area contributed by atoms with Gasteiger partial charge in [-0.15, -0.1) is 0 Å². The smallest absolute Gasteiger partial charge is 0.247 e. The number of nitrogens with one attached hydrogen (secondary N) is 4. The van der Waals surface area contributed by atoms with E-state index >= 15 is 0 Å². The van der Waals surface area contributed by atoms with E-state index in [4.69, 9.17) is 9.47 Å². The van der Waals surface area contributed by atoms with E-state index in [-0.39, 0.29) is 17.7 Å². The molecule has 2 fully saturated rings. The Labute approximate surface area is 275 Å². The SMILES string of the molecule is CN[C@@H](C)C(=O)N[C@H](C(=O)N1CCCC1C(=O)Nc1cc2c(Nc3ccccc3N3CCOCC3)ncnc2cc1OC)C(C)(C)C. The Morgan fingerprint density at radius 3 is 2.49 bits per heavy atom. The average Bonchev–Trinajstić information content (AvgIpc) is 3.57. The standard InChI is InChI=1S/C34H46N8O5/c1-21(35-5)31(43)40-29(34(2,3)4)33(45)42-13-9-12-27(42)32(44)39-25-18-22-24(19-28(25)46-6)36-20-37-30(22)38-23-10-7-8-11-26(23)41-14-16-47-17-15-41/h7-8,10-11,18-21,27,29,35H,9,12-17H2,1-6H3,(H,39,44)(H,40,43)(H,36,37,38)/t21-,27?,29+/m0/s1. The number of carbonyl (C=O) groups excluding carboxylic acids is 3. The van der Waals surface area contributed by atoms with Crippen LogP contribution in [0.5, 0.6) is 5.75 Å². The number of aromatic nitrogens is 2. The minimum absolute atomic E-state index is 0.277. The molecule has 3 heterocycles. The molecule has 252 valence electrons. The first-order chi connectivity index (χ1) is 22.5. The summed E-state index contributed by atoms with van der Waals surface area (Å²) in [5, 5.41) is 13.0. The van der Waals surface area contributed by atoms with Gasteiger partial charge in [0.1, 0.15) is 30.0 Å². The maximum Gasteiger partial charge on any atom is 0.247 e. The number of ether oxygens (including phenoxy) is 2. The lowest BCUT2D eigenvalue weighted by Crippen LogP contribution is -2.59. The third kappa shape index (κ3) is 7.57. The van der Waals surface area contributed by atoms with Crippen LogP contribution in [0.25, 0.3) is 10.9 Å². The topological polar surface area (TPSA) is 150 Å². The quantitative estimate of drug-likeness (QED) is 0.259. The van der Waals surface area contributed by atoms with Crippen LogP contribution >= 0.6 is 0 Å². The second-order valence-electron chi connectivity index (χ2n) is 13.0. The predicted octanol–water partition coefficient (Wildman–Crippen LogP) is 3.29. The van der Waals surface area contributed by atoms with Crippen molar-refractivity contribution in [2.24, 2.45) is 5.41 Å². The minimum Gasteiger partial charge on any atom is -0.494 e. The van der Waals surface area contributed by atoms with Crippen LogP contribution in [-0.2, 0) is 19.1 Å². The molecular weight excluding hydrogens is 600 g/mol. The molecule has 2 saturated heterocycles. The fraction of sp³-hybridized carbons (Fsp3) is 0.500. The molecule has 0 aliphatic carbocycles. The van der Waals surface area contributed by atoms with Crippen molar-refractivity contribution in [3.8, 4) is 5.75 Å². The fourth-order valence-electron chi connectivity index (χ4n) is 5.97. The largest absolute Gasteiger partial charge is 0.494 e. The van der Waals surface area contributed by atoms with Gasteiger partial charge in [0, 0.05) is 31.1 Å². The Balaban J connectivity index is 1.40. The number of fused-ring (bicyclic) bond motifs is 1. The predicted molar refractivity (Wildman–Crippen MR) is 182 cm³/mol. The third-order valence-electron chi connectivity index (χ3n) is 8.79. The molecule has 13 heteroatoms. The van der Waals surface area contributed by atoms with E-state index in [1.807, 2.05) is 39.0 Å². The summed E-state index contributed by atoms with van der Waals surface area (Å²) in [6, 6.07) is 9.61. The molecule has 2 aliphatic rings. The molecule has 5 rings (SSSR count). The maximum atomic E-state index is 13.9. The number of likely N-dealkylation sites (N-methyl/N-ethyl adjacent to an activating group) is 1. The molecule has 4 N–H and O–H groups in total. The second kappa shape index (κ2) is 14.5. The number of rotatable bonds is 10. The van der Waals surface area contributed by atoms with Crippen LogP contribution in [0.15, 0.2) is 42.7 Å². The highest BCUT2D eigenvalue weighted by Crippen LogP contribution is 2.36. The van der Waals surface area contributed by atoms with E-state index in [2.05, 4.69) is 42.2 Å². The Bertz CT molecular complexity index is 1600. The zero-order valence-corrected chi connectivity index (χ0v) is 28.1. The van der Waals surface area contributed by atoms with Gasteiger partial charge in [-0.1, -0.05) is 32.9 Å². The van der Waals surface area contributed by atoms with Gasteiger partial charge < -0.3 is 40.5 Å². The number of hydrogen-bond acceptors (Lipinski definition) is 10. The first kappa shape index (κ1) is 33.9. The highest BCUT2D eigenvalue weighted by atomic mass is 16.5. The number of nitrogens with zero attached hydrogens (tertiary/aromatic N) is 4. The molecule has 13 nitrogen and oxygen atoms in total. The molecule has 1 unspecified atom stereocenters. The van der Waals surface area contributed by atoms with Crippen molar-refractivity contribution < 1.29 is 23.9 Å². The maximum absolute atomic E-state index is 13.9. The van der Waals surface area contributed by atoms with Crippen molar-refractivity contribution >= 4 is 51.5 Å². The number of methoxy groups -OCH3 is 1. The second-order valence-corrected chi connectivity index (χ2v) is 13.0. The lowest BCUT2D eigenvalue weighted by Gasteiger charge is -2.36. The Kier molecular flexibility index (Phi) is 10.5. The number of morpholine rings is 1. The molecule has 3 atom stereocenters. The van der Waals surface area contributed by atoms with Gasteiger partial charge in [-0.3, -0.25) is 14.4 Å². The molecule has 3 aromatic rings. The number of anilines is 4. The highest BCUT2D eigenvalue weighted by molar-refractivity contribution is 6.03. The van der Waals surface area contributed by atoms with E-state index in [0.29, 0.717) is 60.8 Å². The van der Waals surface area contributed by atoms with E-state index in [1.165, 1.54) is 13.4 Å². The number of carbonyl (C=O) groups is 3. The van der Waals surface area contributed by atoms with Crippen molar-refractivity contribution in [1.29, 1.82) is 0 Å². The van der Waals surface area contributed by atoms with Crippen LogP contribution in [0.3, 0.4) is 0 Å². The molecule has 2 aliphatic heterocycles. The van der Waals surface area contributed by atoms with E-state index in [1.54, 1.807) is 31.0 Å². The van der Waals surface area contributed by atoms with Gasteiger partial charge in [0.15, 0.2) is 0 Å². The number of likely N-dealkylation sites (tertiary alicyclic amines) is 1. The van der Waals surface area contributed by atoms with E-state index in [0.717, 1.165) is 24.5 Å². The van der Waals surface area contributed by atoms with Crippen LogP contribution < -0.4 is 30.9 Å².